The Hall–Kier alpha value is -2.48. The highest BCUT2D eigenvalue weighted by atomic mass is 32.1. The van der Waals surface area contributed by atoms with Gasteiger partial charge in [-0.1, -0.05) is 0 Å². The Morgan fingerprint density at radius 1 is 0.769 bits per heavy atom. The largest absolute Gasteiger partial charge is 0.465 e. The molecule has 0 atom stereocenters. The molecule has 1 heterocycles. The van der Waals surface area contributed by atoms with E-state index < -0.39 is 70.3 Å². The number of carbonyl (C=O) groups excluding carboxylic acids is 2. The Balaban J connectivity index is 2.55. The van der Waals surface area contributed by atoms with Crippen molar-refractivity contribution in [3.8, 4) is 0 Å². The van der Waals surface area contributed by atoms with Crippen LogP contribution < -0.4 is 5.32 Å². The molecule has 1 N–H and O–H groups in total. The first-order valence-electron chi connectivity index (χ1n) is 9.76. The molecule has 1 aliphatic rings. The molecule has 4 nitrogen and oxygen atoms in total. The van der Waals surface area contributed by atoms with Crippen molar-refractivity contribution >= 4 is 28.2 Å². The fourth-order valence-electron chi connectivity index (χ4n) is 3.27. The van der Waals surface area contributed by atoms with E-state index in [1.807, 2.05) is 0 Å². The van der Waals surface area contributed by atoms with Crippen molar-refractivity contribution in [3.63, 3.8) is 0 Å². The Kier molecular flexibility index (Phi) is 8.03. The number of amides is 1. The summed E-state index contributed by atoms with van der Waals surface area (Å²) in [6.07, 6.45) is -5.43. The van der Waals surface area contributed by atoms with Crippen molar-refractivity contribution in [2.45, 2.75) is 67.1 Å². The zero-order chi connectivity index (χ0) is 30.8. The molecular weight excluding hydrogens is 614 g/mol. The van der Waals surface area contributed by atoms with Gasteiger partial charge in [0, 0.05) is 4.88 Å². The first-order valence-corrected chi connectivity index (χ1v) is 10.6. The lowest BCUT2D eigenvalue weighted by molar-refractivity contribution is -0.443. The Morgan fingerprint density at radius 2 is 1.23 bits per heavy atom. The zero-order valence-corrected chi connectivity index (χ0v) is 19.2. The summed E-state index contributed by atoms with van der Waals surface area (Å²) in [6, 6.07) is 0. The number of ether oxygens (including phenoxy) is 1. The van der Waals surface area contributed by atoms with Crippen LogP contribution in [0.2, 0.25) is 0 Å². The number of hydrogen-bond donors (Lipinski definition) is 1. The second-order valence-electron chi connectivity index (χ2n) is 7.88. The van der Waals surface area contributed by atoms with Gasteiger partial charge in [0.1, 0.15) is 5.00 Å². The van der Waals surface area contributed by atoms with Crippen LogP contribution >= 0.6 is 11.3 Å². The number of methoxy groups -OCH3 is 1. The summed E-state index contributed by atoms with van der Waals surface area (Å²) >= 11 is 0.253. The van der Waals surface area contributed by atoms with Crippen molar-refractivity contribution in [2.75, 3.05) is 12.4 Å². The van der Waals surface area contributed by atoms with Gasteiger partial charge in [-0.3, -0.25) is 4.79 Å². The normalized spacial score (nSPS) is 15.9. The third kappa shape index (κ3) is 4.37. The van der Waals surface area contributed by atoms with Gasteiger partial charge < -0.3 is 10.1 Å². The number of hydrogen-bond acceptors (Lipinski definition) is 4. The van der Waals surface area contributed by atoms with Crippen molar-refractivity contribution in [3.05, 3.63) is 16.0 Å². The fourth-order valence-corrected chi connectivity index (χ4v) is 4.54. The number of esters is 1. The topological polar surface area (TPSA) is 55.4 Å². The van der Waals surface area contributed by atoms with Crippen LogP contribution in [0.1, 0.15) is 27.2 Å². The van der Waals surface area contributed by atoms with Crippen molar-refractivity contribution in [1.29, 1.82) is 0 Å². The smallest absolute Gasteiger partial charge is 0.393 e. The molecule has 0 bridgehead atoms. The number of thiophene rings is 1. The third-order valence-corrected chi connectivity index (χ3v) is 6.69. The summed E-state index contributed by atoms with van der Waals surface area (Å²) in [4.78, 5) is 23.9. The van der Waals surface area contributed by atoms with Gasteiger partial charge in [-0.05, 0) is 24.8 Å². The van der Waals surface area contributed by atoms with Crippen molar-refractivity contribution < 1.29 is 84.6 Å². The lowest BCUT2D eigenvalue weighted by atomic mass is 9.89. The highest BCUT2D eigenvalue weighted by molar-refractivity contribution is 7.17. The van der Waals surface area contributed by atoms with E-state index >= 15 is 0 Å². The highest BCUT2D eigenvalue weighted by Gasteiger charge is 2.94. The predicted molar refractivity (Wildman–Crippen MR) is 96.9 cm³/mol. The van der Waals surface area contributed by atoms with Crippen molar-refractivity contribution in [2.24, 2.45) is 0 Å². The van der Waals surface area contributed by atoms with Crippen LogP contribution in [0.25, 0.3) is 0 Å². The summed E-state index contributed by atoms with van der Waals surface area (Å²) in [5, 5.41) is -0.211. The molecule has 0 aliphatic heterocycles. The predicted octanol–water partition coefficient (Wildman–Crippen LogP) is 6.67. The molecule has 39 heavy (non-hydrogen) atoms. The monoisotopic (exact) mass is 625 g/mol. The molecule has 1 aliphatic carbocycles. The van der Waals surface area contributed by atoms with E-state index in [2.05, 4.69) is 4.74 Å². The molecule has 0 spiro atoms. The number of rotatable bonds is 10. The second-order valence-corrected chi connectivity index (χ2v) is 8.98. The van der Waals surface area contributed by atoms with Gasteiger partial charge in [-0.15, -0.1) is 11.3 Å². The lowest BCUT2D eigenvalue weighted by Gasteiger charge is -2.42. The molecular formula is C18H11F16NO3S. The summed E-state index contributed by atoms with van der Waals surface area (Å²) in [5.41, 5.74) is -0.698. The number of fused-ring (bicyclic) bond motifs is 1. The maximum atomic E-state index is 14.2. The molecule has 0 aromatic carbocycles. The number of carbonyl (C=O) groups is 2. The number of halogens is 16. The van der Waals surface area contributed by atoms with E-state index in [9.17, 15) is 79.8 Å². The summed E-state index contributed by atoms with van der Waals surface area (Å²) in [6.45, 7) is 0. The average Bonchev–Trinajstić information content (AvgIpc) is 3.38. The van der Waals surface area contributed by atoms with Crippen LogP contribution in [0.4, 0.5) is 75.2 Å². The first kappa shape index (κ1) is 32.7. The van der Waals surface area contributed by atoms with Crippen LogP contribution in [0.5, 0.6) is 0 Å². The molecule has 0 saturated carbocycles. The molecule has 0 saturated heterocycles. The van der Waals surface area contributed by atoms with Gasteiger partial charge in [-0.2, -0.15) is 61.5 Å². The Bertz CT molecular complexity index is 1130. The third-order valence-electron chi connectivity index (χ3n) is 5.49. The van der Waals surface area contributed by atoms with E-state index in [0.29, 0.717) is 6.42 Å². The molecule has 0 radical (unpaired) electrons. The standard InChI is InChI=1S/C18H11F16NO3S/c1-38-9(36)7-5-3-2-4-6(5)39-8(7)35-11(37)13(23,24)15(27,28)17(31,32)18(33,34)16(29,30)14(25,26)12(21,22)10(19)20/h10H,2-4H2,1H3,(H,35,37). The van der Waals surface area contributed by atoms with E-state index in [1.54, 1.807) is 0 Å². The number of aryl methyl sites for hydroxylation is 1. The van der Waals surface area contributed by atoms with Gasteiger partial charge in [0.25, 0.3) is 0 Å². The quantitative estimate of drug-likeness (QED) is 0.234. The van der Waals surface area contributed by atoms with Crippen LogP contribution in [0, 0.1) is 0 Å². The summed E-state index contributed by atoms with van der Waals surface area (Å²) in [7, 11) is 0.728. The first-order chi connectivity index (χ1) is 17.3. The Labute approximate surface area is 209 Å². The maximum absolute atomic E-state index is 14.2. The van der Waals surface area contributed by atoms with Gasteiger partial charge in [0.15, 0.2) is 0 Å². The molecule has 1 amide bonds. The Morgan fingerprint density at radius 3 is 1.69 bits per heavy atom. The highest BCUT2D eigenvalue weighted by Crippen LogP contribution is 2.63. The zero-order valence-electron chi connectivity index (χ0n) is 18.4. The minimum Gasteiger partial charge on any atom is -0.465 e. The van der Waals surface area contributed by atoms with E-state index in [0.717, 1.165) is 12.4 Å². The SMILES string of the molecule is COC(=O)c1c(NC(=O)C(F)(F)C(F)(F)C(F)(F)C(F)(F)C(F)(F)C(F)(F)C(F)(F)C(F)F)sc2c1CCC2. The molecule has 2 rings (SSSR count). The molecule has 1 aromatic heterocycles. The van der Waals surface area contributed by atoms with Gasteiger partial charge >= 0.3 is 59.8 Å². The van der Waals surface area contributed by atoms with E-state index in [-0.39, 0.29) is 34.6 Å². The molecule has 21 heteroatoms. The second kappa shape index (κ2) is 9.57. The number of nitrogens with one attached hydrogen (secondary N) is 1. The minimum absolute atomic E-state index is 0.0372. The summed E-state index contributed by atoms with van der Waals surface area (Å²) in [5.74, 6) is -61.7. The van der Waals surface area contributed by atoms with E-state index in [1.165, 1.54) is 0 Å². The van der Waals surface area contributed by atoms with Gasteiger partial charge in [0.05, 0.1) is 12.7 Å². The van der Waals surface area contributed by atoms with Crippen LogP contribution in [-0.4, -0.2) is 66.9 Å². The van der Waals surface area contributed by atoms with Gasteiger partial charge in [-0.25, -0.2) is 13.6 Å². The maximum Gasteiger partial charge on any atom is 0.393 e. The van der Waals surface area contributed by atoms with Gasteiger partial charge in [0.2, 0.25) is 0 Å². The number of anilines is 1. The molecule has 0 unspecified atom stereocenters. The lowest BCUT2D eigenvalue weighted by Crippen LogP contribution is -2.74. The minimum atomic E-state index is -8.61. The molecule has 1 aromatic rings. The average molecular weight is 625 g/mol. The van der Waals surface area contributed by atoms with Crippen molar-refractivity contribution in [1.82, 2.24) is 0 Å². The molecule has 0 fully saturated rings. The summed E-state index contributed by atoms with van der Waals surface area (Å²) < 4.78 is 220. The molecule has 224 valence electrons. The van der Waals surface area contributed by atoms with Crippen LogP contribution in [0.3, 0.4) is 0 Å². The number of alkyl halides is 16. The van der Waals surface area contributed by atoms with E-state index in [4.69, 9.17) is 0 Å². The fraction of sp³-hybridized carbons (Fsp3) is 0.667. The van der Waals surface area contributed by atoms with Crippen LogP contribution in [-0.2, 0) is 22.4 Å². The van der Waals surface area contributed by atoms with Crippen LogP contribution in [0.15, 0.2) is 0 Å².